The molecule has 22 heavy (non-hydrogen) atoms. The topological polar surface area (TPSA) is 0 Å². The molecule has 2 aliphatic rings. The van der Waals surface area contributed by atoms with Crippen molar-refractivity contribution in [2.45, 2.75) is 54.6 Å². The first kappa shape index (κ1) is 20.5. The van der Waals surface area contributed by atoms with Crippen molar-refractivity contribution in [2.75, 3.05) is 0 Å². The van der Waals surface area contributed by atoms with Crippen molar-refractivity contribution in [1.29, 1.82) is 0 Å². The third-order valence-electron chi connectivity index (χ3n) is 5.01. The average Bonchev–Trinajstić information content (AvgIpc) is 2.78. The first-order valence-electron chi connectivity index (χ1n) is 7.69. The molecule has 0 saturated heterocycles. The monoisotopic (exact) mass is 388 g/mol. The summed E-state index contributed by atoms with van der Waals surface area (Å²) in [5, 5.41) is 3.37. The minimum atomic E-state index is -1.58. The second-order valence-corrected chi connectivity index (χ2v) is 13.7. The van der Waals surface area contributed by atoms with Crippen LogP contribution in [0.3, 0.4) is 0 Å². The molecule has 0 N–H and O–H groups in total. The Morgan fingerprint density at radius 1 is 0.818 bits per heavy atom. The van der Waals surface area contributed by atoms with Crippen LogP contribution in [-0.2, 0) is 17.0 Å². The van der Waals surface area contributed by atoms with Gasteiger partial charge < -0.3 is 0 Å². The first-order valence-corrected chi connectivity index (χ1v) is 15.0. The average molecular weight is 389 g/mol. The predicted molar refractivity (Wildman–Crippen MR) is 97.8 cm³/mol. The van der Waals surface area contributed by atoms with E-state index in [2.05, 4.69) is 66.8 Å². The van der Waals surface area contributed by atoms with Gasteiger partial charge >= 0.3 is 35.6 Å². The molecule has 2 atom stereocenters. The molecule has 0 nitrogen and oxygen atoms in total. The van der Waals surface area contributed by atoms with Gasteiger partial charge in [-0.3, -0.25) is 12.2 Å². The quantitative estimate of drug-likeness (QED) is 0.370. The van der Waals surface area contributed by atoms with Crippen molar-refractivity contribution in [1.82, 2.24) is 0 Å². The zero-order chi connectivity index (χ0) is 17.2. The Morgan fingerprint density at radius 2 is 1.09 bits per heavy atom. The molecule has 0 aromatic rings. The Kier molecular flexibility index (Phi) is 7.49. The van der Waals surface area contributed by atoms with E-state index in [9.17, 15) is 0 Å². The van der Waals surface area contributed by atoms with Gasteiger partial charge in [0.05, 0.1) is 8.07 Å². The summed E-state index contributed by atoms with van der Waals surface area (Å²) in [5.74, 6) is 0.991. The number of hydrogen-bond acceptors (Lipinski definition) is 0. The molecular weight excluding hydrogens is 363 g/mol. The third kappa shape index (κ3) is 3.92. The fraction of sp³-hybridized carbons (Fsp3) is 0.556. The molecule has 0 aromatic carbocycles. The molecule has 0 radical (unpaired) electrons. The molecule has 2 unspecified atom stereocenters. The zero-order valence-corrected chi connectivity index (χ0v) is 19.0. The van der Waals surface area contributed by atoms with Crippen molar-refractivity contribution in [3.05, 3.63) is 44.8 Å². The molecule has 0 amide bonds. The molecule has 4 heteroatoms. The van der Waals surface area contributed by atoms with Crippen molar-refractivity contribution < 1.29 is 17.0 Å². The van der Waals surface area contributed by atoms with Crippen LogP contribution in [0.25, 0.3) is 0 Å². The molecule has 0 heterocycles. The Morgan fingerprint density at radius 3 is 1.27 bits per heavy atom. The normalized spacial score (nSPS) is 25.0. The Balaban J connectivity index is 0.000000745. The molecule has 0 spiro atoms. The fourth-order valence-electron chi connectivity index (χ4n) is 4.23. The second kappa shape index (κ2) is 8.03. The third-order valence-corrected chi connectivity index (χ3v) is 9.32. The summed E-state index contributed by atoms with van der Waals surface area (Å²) in [6.07, 6.45) is 7.23. The fourth-order valence-corrected chi connectivity index (χ4v) is 9.08. The van der Waals surface area contributed by atoms with E-state index >= 15 is 0 Å². The van der Waals surface area contributed by atoms with E-state index in [0.717, 1.165) is 0 Å². The standard InChI is InChI=1S/C18H26Si.2ClH.Ti/c1-11-9-13(3)17(15(11)5)19(7,8)18-14(4)10-12(2)16(18)6;;;/h13-14H,1-8H3;2*1H;/q-2;;;+2/p-2. The number of halogens is 2. The van der Waals surface area contributed by atoms with E-state index in [4.69, 9.17) is 18.6 Å². The molecule has 0 bridgehead atoms. The van der Waals surface area contributed by atoms with Crippen molar-refractivity contribution >= 4 is 26.7 Å². The van der Waals surface area contributed by atoms with Gasteiger partial charge in [0, 0.05) is 0 Å². The van der Waals surface area contributed by atoms with E-state index in [0.29, 0.717) is 11.8 Å². The van der Waals surface area contributed by atoms with Gasteiger partial charge in [-0.15, -0.1) is 13.8 Å². The SMILES string of the molecule is CC1=[C-]C(C)C([Si](C)(C)C2=C(C)C(C)=[C-]C2C)=C1C.[Cl][Ti][Cl]. The van der Waals surface area contributed by atoms with Crippen LogP contribution >= 0.6 is 18.6 Å². The first-order chi connectivity index (χ1) is 10.1. The molecule has 0 saturated carbocycles. The molecule has 2 aliphatic carbocycles. The van der Waals surface area contributed by atoms with E-state index in [-0.39, 0.29) is 0 Å². The zero-order valence-electron chi connectivity index (χ0n) is 14.9. The summed E-state index contributed by atoms with van der Waals surface area (Å²) in [5.41, 5.74) is 5.73. The van der Waals surface area contributed by atoms with Gasteiger partial charge in [0.15, 0.2) is 0 Å². The van der Waals surface area contributed by atoms with Gasteiger partial charge in [-0.1, -0.05) is 52.6 Å². The Hall–Kier alpha value is 0.471. The number of allylic oxidation sites excluding steroid dienone is 8. The number of rotatable bonds is 2. The van der Waals surface area contributed by atoms with Crippen LogP contribution < -0.4 is 0 Å². The molecule has 0 aromatic heterocycles. The van der Waals surface area contributed by atoms with Crippen molar-refractivity contribution in [3.8, 4) is 0 Å². The molecule has 122 valence electrons. The van der Waals surface area contributed by atoms with E-state index < -0.39 is 25.1 Å². The van der Waals surface area contributed by atoms with Gasteiger partial charge in [-0.25, -0.2) is 22.3 Å². The van der Waals surface area contributed by atoms with E-state index in [1.54, 1.807) is 10.4 Å². The van der Waals surface area contributed by atoms with Crippen LogP contribution in [0, 0.1) is 24.0 Å². The van der Waals surface area contributed by atoms with Crippen LogP contribution in [0.15, 0.2) is 32.7 Å². The molecule has 0 fully saturated rings. The summed E-state index contributed by atoms with van der Waals surface area (Å²) in [6.45, 7) is 18.6. The summed E-state index contributed by atoms with van der Waals surface area (Å²) < 4.78 is 0. The summed E-state index contributed by atoms with van der Waals surface area (Å²) in [4.78, 5) is 0. The van der Waals surface area contributed by atoms with Crippen LogP contribution in [0.2, 0.25) is 13.1 Å². The van der Waals surface area contributed by atoms with Gasteiger partial charge in [0.25, 0.3) is 0 Å². The summed E-state index contributed by atoms with van der Waals surface area (Å²) in [7, 11) is 8.20. The summed E-state index contributed by atoms with van der Waals surface area (Å²) in [6, 6.07) is 0. The molecular formula is C18H26Cl2SiTi-2. The van der Waals surface area contributed by atoms with Crippen LogP contribution in [0.4, 0.5) is 0 Å². The van der Waals surface area contributed by atoms with E-state index in [1.807, 2.05) is 0 Å². The molecule has 2 rings (SSSR count). The summed E-state index contributed by atoms with van der Waals surface area (Å²) >= 11 is -0.556. The van der Waals surface area contributed by atoms with Gasteiger partial charge in [-0.05, 0) is 0 Å². The van der Waals surface area contributed by atoms with Gasteiger partial charge in [0.1, 0.15) is 0 Å². The van der Waals surface area contributed by atoms with Crippen molar-refractivity contribution in [3.63, 3.8) is 0 Å². The minimum absolute atomic E-state index is 0.495. The van der Waals surface area contributed by atoms with Crippen molar-refractivity contribution in [2.24, 2.45) is 11.8 Å². The van der Waals surface area contributed by atoms with Crippen LogP contribution in [-0.4, -0.2) is 8.07 Å². The Bertz CT molecular complexity index is 520. The van der Waals surface area contributed by atoms with Gasteiger partial charge in [-0.2, -0.15) is 10.4 Å². The number of hydrogen-bond donors (Lipinski definition) is 0. The maximum atomic E-state index is 4.89. The predicted octanol–water partition coefficient (Wildman–Crippen LogP) is 6.58. The van der Waals surface area contributed by atoms with Crippen LogP contribution in [0.5, 0.6) is 0 Å². The second-order valence-electron chi connectivity index (χ2n) is 6.76. The van der Waals surface area contributed by atoms with Gasteiger partial charge in [0.2, 0.25) is 0 Å². The maximum absolute atomic E-state index is 4.89. The van der Waals surface area contributed by atoms with E-state index in [1.165, 1.54) is 22.3 Å². The molecule has 0 aliphatic heterocycles. The van der Waals surface area contributed by atoms with Crippen LogP contribution in [0.1, 0.15) is 41.5 Å². The Labute approximate surface area is 154 Å².